The van der Waals surface area contributed by atoms with Crippen LogP contribution in [0.1, 0.15) is 50.8 Å². The number of aryl methyl sites for hydroxylation is 1. The summed E-state index contributed by atoms with van der Waals surface area (Å²) >= 11 is 6.32. The molecule has 1 saturated carbocycles. The van der Waals surface area contributed by atoms with E-state index in [9.17, 15) is 14.4 Å². The van der Waals surface area contributed by atoms with Gasteiger partial charge in [-0.25, -0.2) is 4.79 Å². The molecule has 1 aliphatic rings. The van der Waals surface area contributed by atoms with Crippen LogP contribution >= 0.6 is 11.6 Å². The van der Waals surface area contributed by atoms with Crippen LogP contribution in [0.3, 0.4) is 0 Å². The van der Waals surface area contributed by atoms with Crippen LogP contribution < -0.4 is 10.6 Å². The molecule has 1 aliphatic carbocycles. The minimum Gasteiger partial charge on any atom is -0.444 e. The average Bonchev–Trinajstić information content (AvgIpc) is 3.57. The predicted octanol–water partition coefficient (Wildman–Crippen LogP) is 4.84. The number of anilines is 1. The number of nitrogens with zero attached hydrogens (tertiary/aromatic N) is 1. The Morgan fingerprint density at radius 1 is 1.09 bits per heavy atom. The minimum absolute atomic E-state index is 0.0822. The molecule has 33 heavy (non-hydrogen) atoms. The topological polar surface area (TPSA) is 87.7 Å². The van der Waals surface area contributed by atoms with Crippen LogP contribution in [0, 0.1) is 6.92 Å². The largest absolute Gasteiger partial charge is 0.444 e. The predicted molar refractivity (Wildman–Crippen MR) is 128 cm³/mol. The van der Waals surface area contributed by atoms with Gasteiger partial charge in [0.15, 0.2) is 0 Å². The van der Waals surface area contributed by atoms with Crippen molar-refractivity contribution in [2.24, 2.45) is 0 Å². The van der Waals surface area contributed by atoms with Crippen molar-refractivity contribution >= 4 is 35.2 Å². The molecule has 7 nitrogen and oxygen atoms in total. The summed E-state index contributed by atoms with van der Waals surface area (Å²) in [6, 6.07) is 13.5. The van der Waals surface area contributed by atoms with E-state index in [4.69, 9.17) is 16.3 Å². The van der Waals surface area contributed by atoms with Crippen molar-refractivity contribution in [3.05, 3.63) is 64.7 Å². The summed E-state index contributed by atoms with van der Waals surface area (Å²) in [7, 11) is 0. The van der Waals surface area contributed by atoms with Gasteiger partial charge >= 0.3 is 6.09 Å². The van der Waals surface area contributed by atoms with Gasteiger partial charge in [-0.2, -0.15) is 0 Å². The number of halogens is 1. The molecule has 1 atom stereocenters. The highest BCUT2D eigenvalue weighted by atomic mass is 35.5. The van der Waals surface area contributed by atoms with Crippen molar-refractivity contribution in [3.63, 3.8) is 0 Å². The van der Waals surface area contributed by atoms with E-state index in [0.717, 1.165) is 18.4 Å². The summed E-state index contributed by atoms with van der Waals surface area (Å²) in [5, 5.41) is 5.85. The zero-order valence-electron chi connectivity index (χ0n) is 19.4. The van der Waals surface area contributed by atoms with E-state index in [-0.39, 0.29) is 24.4 Å². The van der Waals surface area contributed by atoms with E-state index in [1.165, 1.54) is 0 Å². The lowest BCUT2D eigenvalue weighted by Gasteiger charge is -2.32. The number of carbonyl (C=O) groups excluding carboxylic acids is 3. The molecule has 1 fully saturated rings. The molecule has 0 bridgehead atoms. The zero-order chi connectivity index (χ0) is 24.2. The molecule has 0 saturated heterocycles. The van der Waals surface area contributed by atoms with Crippen molar-refractivity contribution in [1.29, 1.82) is 0 Å². The first-order valence-electron chi connectivity index (χ1n) is 11.0. The number of para-hydroxylation sites is 1. The molecule has 2 aromatic rings. The molecule has 176 valence electrons. The second-order valence-electron chi connectivity index (χ2n) is 9.12. The van der Waals surface area contributed by atoms with E-state index >= 15 is 0 Å². The Hall–Kier alpha value is -3.06. The molecule has 3 amide bonds. The number of rotatable bonds is 7. The number of nitrogens with one attached hydrogen (secondary N) is 2. The van der Waals surface area contributed by atoms with E-state index < -0.39 is 17.7 Å². The Labute approximate surface area is 199 Å². The smallest absolute Gasteiger partial charge is 0.408 e. The lowest BCUT2D eigenvalue weighted by Crippen LogP contribution is -2.47. The second-order valence-corrected chi connectivity index (χ2v) is 9.53. The van der Waals surface area contributed by atoms with Crippen LogP contribution in [0.5, 0.6) is 0 Å². The Bertz CT molecular complexity index is 996. The fourth-order valence-electron chi connectivity index (χ4n) is 3.52. The summed E-state index contributed by atoms with van der Waals surface area (Å²) in [5.74, 6) is -0.724. The molecule has 0 radical (unpaired) electrons. The fourth-order valence-corrected chi connectivity index (χ4v) is 3.79. The van der Waals surface area contributed by atoms with Crippen LogP contribution in [0.25, 0.3) is 0 Å². The Kier molecular flexibility index (Phi) is 7.64. The summed E-state index contributed by atoms with van der Waals surface area (Å²) in [6.07, 6.45) is 0.902. The van der Waals surface area contributed by atoms with Gasteiger partial charge in [0.05, 0.1) is 10.7 Å². The van der Waals surface area contributed by atoms with Crippen LogP contribution in [0.15, 0.2) is 48.5 Å². The molecule has 2 N–H and O–H groups in total. The summed E-state index contributed by atoms with van der Waals surface area (Å²) in [6.45, 7) is 6.83. The molecule has 0 heterocycles. The standard InChI is InChI=1S/C25H30ClN3O4/c1-16-9-8-12-19(26)21(16)28-23(31)22(17-10-6-5-7-11-17)29(18-13-14-18)20(30)15-27-24(32)33-25(2,3)4/h5-12,18,22H,13-15H2,1-4H3,(H,27,32)(H,28,31). The number of amides is 3. The first-order chi connectivity index (χ1) is 15.6. The summed E-state index contributed by atoms with van der Waals surface area (Å²) in [4.78, 5) is 40.4. The lowest BCUT2D eigenvalue weighted by atomic mass is 10.0. The first-order valence-corrected chi connectivity index (χ1v) is 11.3. The maximum atomic E-state index is 13.5. The van der Waals surface area contributed by atoms with Crippen molar-refractivity contribution in [2.75, 3.05) is 11.9 Å². The van der Waals surface area contributed by atoms with Gasteiger partial charge in [0.1, 0.15) is 18.2 Å². The third-order valence-corrected chi connectivity index (χ3v) is 5.44. The third-order valence-electron chi connectivity index (χ3n) is 5.12. The van der Waals surface area contributed by atoms with Gasteiger partial charge in [-0.1, -0.05) is 54.1 Å². The normalized spacial score (nSPS) is 14.2. The van der Waals surface area contributed by atoms with E-state index in [2.05, 4.69) is 10.6 Å². The molecule has 2 aromatic carbocycles. The SMILES string of the molecule is Cc1cccc(Cl)c1NC(=O)C(c1ccccc1)N(C(=O)CNC(=O)OC(C)(C)C)C1CC1. The molecule has 0 spiro atoms. The van der Waals surface area contributed by atoms with Crippen LogP contribution in [0.2, 0.25) is 5.02 Å². The van der Waals surface area contributed by atoms with Gasteiger partial charge in [0.2, 0.25) is 5.91 Å². The van der Waals surface area contributed by atoms with Gasteiger partial charge in [0.25, 0.3) is 5.91 Å². The molecule has 1 unspecified atom stereocenters. The highest BCUT2D eigenvalue weighted by molar-refractivity contribution is 6.34. The van der Waals surface area contributed by atoms with Crippen molar-refractivity contribution in [1.82, 2.24) is 10.2 Å². The summed E-state index contributed by atoms with van der Waals surface area (Å²) < 4.78 is 5.23. The van der Waals surface area contributed by atoms with Crippen LogP contribution in [0.4, 0.5) is 10.5 Å². The second kappa shape index (κ2) is 10.3. The summed E-state index contributed by atoms with van der Waals surface area (Å²) in [5.41, 5.74) is 1.33. The molecule has 0 aromatic heterocycles. The monoisotopic (exact) mass is 471 g/mol. The quantitative estimate of drug-likeness (QED) is 0.604. The van der Waals surface area contributed by atoms with Gasteiger partial charge in [0, 0.05) is 6.04 Å². The van der Waals surface area contributed by atoms with E-state index in [1.807, 2.05) is 49.4 Å². The third kappa shape index (κ3) is 6.71. The van der Waals surface area contributed by atoms with Crippen LogP contribution in [-0.2, 0) is 14.3 Å². The first kappa shape index (κ1) is 24.6. The van der Waals surface area contributed by atoms with Crippen molar-refractivity contribution in [3.8, 4) is 0 Å². The Morgan fingerprint density at radius 3 is 2.33 bits per heavy atom. The zero-order valence-corrected chi connectivity index (χ0v) is 20.1. The number of alkyl carbamates (subject to hydrolysis) is 1. The Balaban J connectivity index is 1.86. The van der Waals surface area contributed by atoms with Crippen molar-refractivity contribution < 1.29 is 19.1 Å². The highest BCUT2D eigenvalue weighted by Gasteiger charge is 2.41. The van der Waals surface area contributed by atoms with E-state index in [1.54, 1.807) is 31.7 Å². The minimum atomic E-state index is -0.873. The van der Waals surface area contributed by atoms with Gasteiger partial charge in [-0.05, 0) is 57.7 Å². The molecule has 3 rings (SSSR count). The maximum absolute atomic E-state index is 13.5. The average molecular weight is 472 g/mol. The molecule has 8 heteroatoms. The number of carbonyl (C=O) groups is 3. The highest BCUT2D eigenvalue weighted by Crippen LogP contribution is 2.36. The lowest BCUT2D eigenvalue weighted by molar-refractivity contribution is -0.138. The van der Waals surface area contributed by atoms with Gasteiger partial charge in [-0.3, -0.25) is 9.59 Å². The molecular formula is C25H30ClN3O4. The van der Waals surface area contributed by atoms with E-state index in [0.29, 0.717) is 16.3 Å². The maximum Gasteiger partial charge on any atom is 0.408 e. The van der Waals surface area contributed by atoms with Crippen molar-refractivity contribution in [2.45, 2.75) is 58.2 Å². The van der Waals surface area contributed by atoms with Gasteiger partial charge in [-0.15, -0.1) is 0 Å². The van der Waals surface area contributed by atoms with Crippen LogP contribution in [-0.4, -0.2) is 41.0 Å². The number of ether oxygens (including phenoxy) is 1. The van der Waals surface area contributed by atoms with Gasteiger partial charge < -0.3 is 20.3 Å². The number of benzene rings is 2. The number of hydrogen-bond donors (Lipinski definition) is 2. The fraction of sp³-hybridized carbons (Fsp3) is 0.400. The number of hydrogen-bond acceptors (Lipinski definition) is 4. The molecule has 0 aliphatic heterocycles. The molecular weight excluding hydrogens is 442 g/mol. The Morgan fingerprint density at radius 2 is 1.76 bits per heavy atom.